The van der Waals surface area contributed by atoms with Gasteiger partial charge in [-0.15, -0.1) is 0 Å². The monoisotopic (exact) mass is 365 g/mol. The Hall–Kier alpha value is -2.60. The molecule has 0 saturated carbocycles. The summed E-state index contributed by atoms with van der Waals surface area (Å²) in [7, 11) is 2.06. The molecule has 1 saturated heterocycles. The maximum absolute atomic E-state index is 11.4. The van der Waals surface area contributed by atoms with Gasteiger partial charge in [-0.1, -0.05) is 0 Å². The number of carbonyl (C=O) groups is 1. The zero-order valence-electron chi connectivity index (χ0n) is 15.8. The number of likely N-dealkylation sites (tertiary alicyclic amines) is 1. The molecule has 142 valence electrons. The number of primary amides is 1. The second-order valence-corrected chi connectivity index (χ2v) is 7.54. The molecule has 2 aromatic heterocycles. The SMILES string of the molecule is Cn1ccc2cc(-c3nccn3CCCN3CCCC(C(N)=O)C3)ccc21. The fourth-order valence-electron chi connectivity index (χ4n) is 4.13. The lowest BCUT2D eigenvalue weighted by molar-refractivity contribution is -0.123. The molecule has 1 atom stereocenters. The molecule has 1 fully saturated rings. The number of piperidine rings is 1. The van der Waals surface area contributed by atoms with E-state index in [-0.39, 0.29) is 11.8 Å². The van der Waals surface area contributed by atoms with Gasteiger partial charge in [0.2, 0.25) is 5.91 Å². The average molecular weight is 365 g/mol. The van der Waals surface area contributed by atoms with Crippen LogP contribution in [0.3, 0.4) is 0 Å². The summed E-state index contributed by atoms with van der Waals surface area (Å²) in [5, 5.41) is 1.23. The highest BCUT2D eigenvalue weighted by molar-refractivity contribution is 5.84. The van der Waals surface area contributed by atoms with Crippen molar-refractivity contribution in [2.45, 2.75) is 25.8 Å². The number of nitrogens with two attached hydrogens (primary N) is 1. The minimum Gasteiger partial charge on any atom is -0.369 e. The van der Waals surface area contributed by atoms with Gasteiger partial charge in [0.15, 0.2) is 0 Å². The summed E-state index contributed by atoms with van der Waals surface area (Å²) in [6.45, 7) is 3.76. The Bertz CT molecular complexity index is 941. The van der Waals surface area contributed by atoms with Crippen LogP contribution in [0.15, 0.2) is 42.9 Å². The molecule has 2 N–H and O–H groups in total. The number of fused-ring (bicyclic) bond motifs is 1. The van der Waals surface area contributed by atoms with E-state index in [1.165, 1.54) is 10.9 Å². The van der Waals surface area contributed by atoms with Crippen molar-refractivity contribution >= 4 is 16.8 Å². The average Bonchev–Trinajstić information content (AvgIpc) is 3.28. The van der Waals surface area contributed by atoms with E-state index in [0.29, 0.717) is 0 Å². The topological polar surface area (TPSA) is 69.1 Å². The first kappa shape index (κ1) is 17.8. The number of nitrogens with zero attached hydrogens (tertiary/aromatic N) is 4. The van der Waals surface area contributed by atoms with Crippen LogP contribution in [0.2, 0.25) is 0 Å². The Morgan fingerprint density at radius 3 is 3.00 bits per heavy atom. The van der Waals surface area contributed by atoms with E-state index in [1.54, 1.807) is 0 Å². The van der Waals surface area contributed by atoms with Crippen molar-refractivity contribution in [1.29, 1.82) is 0 Å². The van der Waals surface area contributed by atoms with Crippen molar-refractivity contribution in [3.8, 4) is 11.4 Å². The van der Waals surface area contributed by atoms with Gasteiger partial charge in [0.1, 0.15) is 5.82 Å². The van der Waals surface area contributed by atoms with Crippen LogP contribution in [0, 0.1) is 5.92 Å². The Labute approximate surface area is 159 Å². The number of aryl methyl sites for hydroxylation is 2. The maximum Gasteiger partial charge on any atom is 0.221 e. The van der Waals surface area contributed by atoms with Crippen LogP contribution in [-0.2, 0) is 18.4 Å². The summed E-state index contributed by atoms with van der Waals surface area (Å²) in [5.74, 6) is 0.863. The van der Waals surface area contributed by atoms with Crippen molar-refractivity contribution in [1.82, 2.24) is 19.0 Å². The second-order valence-electron chi connectivity index (χ2n) is 7.54. The predicted octanol–water partition coefficient (Wildman–Crippen LogP) is 2.63. The normalized spacial score (nSPS) is 18.2. The van der Waals surface area contributed by atoms with Gasteiger partial charge in [-0.25, -0.2) is 4.98 Å². The Balaban J connectivity index is 1.40. The Morgan fingerprint density at radius 1 is 1.26 bits per heavy atom. The molecular formula is C21H27N5O. The summed E-state index contributed by atoms with van der Waals surface area (Å²) in [5.41, 5.74) is 7.85. The summed E-state index contributed by atoms with van der Waals surface area (Å²) in [6, 6.07) is 8.64. The number of amides is 1. The number of imidazole rings is 1. The minimum absolute atomic E-state index is 0.0140. The first-order valence-electron chi connectivity index (χ1n) is 9.70. The molecule has 0 radical (unpaired) electrons. The van der Waals surface area contributed by atoms with Gasteiger partial charge in [0, 0.05) is 55.2 Å². The van der Waals surface area contributed by atoms with Crippen LogP contribution in [-0.4, -0.2) is 44.6 Å². The van der Waals surface area contributed by atoms with E-state index in [2.05, 4.69) is 56.5 Å². The van der Waals surface area contributed by atoms with Crippen LogP contribution < -0.4 is 5.73 Å². The number of carbonyl (C=O) groups excluding carboxylic acids is 1. The van der Waals surface area contributed by atoms with Gasteiger partial charge in [0.25, 0.3) is 0 Å². The number of aromatic nitrogens is 3. The van der Waals surface area contributed by atoms with Crippen LogP contribution in [0.4, 0.5) is 0 Å². The van der Waals surface area contributed by atoms with E-state index in [4.69, 9.17) is 5.73 Å². The quantitative estimate of drug-likeness (QED) is 0.730. The molecular weight excluding hydrogens is 338 g/mol. The van der Waals surface area contributed by atoms with Gasteiger partial charge in [-0.05, 0) is 56.6 Å². The summed E-state index contributed by atoms with van der Waals surface area (Å²) >= 11 is 0. The summed E-state index contributed by atoms with van der Waals surface area (Å²) in [6.07, 6.45) is 9.02. The molecule has 1 aliphatic rings. The molecule has 27 heavy (non-hydrogen) atoms. The van der Waals surface area contributed by atoms with Crippen molar-refractivity contribution in [2.24, 2.45) is 18.7 Å². The van der Waals surface area contributed by atoms with Crippen molar-refractivity contribution in [3.05, 3.63) is 42.9 Å². The molecule has 0 bridgehead atoms. The summed E-state index contributed by atoms with van der Waals surface area (Å²) in [4.78, 5) is 18.4. The van der Waals surface area contributed by atoms with Crippen LogP contribution in [0.5, 0.6) is 0 Å². The lowest BCUT2D eigenvalue weighted by atomic mass is 9.97. The van der Waals surface area contributed by atoms with Gasteiger partial charge < -0.3 is 19.8 Å². The number of rotatable bonds is 6. The maximum atomic E-state index is 11.4. The zero-order chi connectivity index (χ0) is 18.8. The zero-order valence-corrected chi connectivity index (χ0v) is 15.8. The molecule has 0 spiro atoms. The standard InChI is InChI=1S/C21H27N5O/c1-24-12-7-16-14-17(5-6-19(16)24)21-23-8-13-26(21)11-3-10-25-9-2-4-18(15-25)20(22)27/h5-8,12-14,18H,2-4,9-11,15H2,1H3,(H2,22,27). The largest absolute Gasteiger partial charge is 0.369 e. The molecule has 1 amide bonds. The van der Waals surface area contributed by atoms with Crippen LogP contribution >= 0.6 is 0 Å². The first-order valence-corrected chi connectivity index (χ1v) is 9.70. The molecule has 3 aromatic rings. The van der Waals surface area contributed by atoms with E-state index in [0.717, 1.165) is 56.8 Å². The third-order valence-corrected chi connectivity index (χ3v) is 5.64. The van der Waals surface area contributed by atoms with Gasteiger partial charge >= 0.3 is 0 Å². The fraction of sp³-hybridized carbons (Fsp3) is 0.429. The molecule has 6 heteroatoms. The lowest BCUT2D eigenvalue weighted by Crippen LogP contribution is -2.41. The molecule has 3 heterocycles. The fourth-order valence-corrected chi connectivity index (χ4v) is 4.13. The first-order chi connectivity index (χ1) is 13.1. The van der Waals surface area contributed by atoms with E-state index in [9.17, 15) is 4.79 Å². The molecule has 1 unspecified atom stereocenters. The third kappa shape index (κ3) is 3.76. The predicted molar refractivity (Wildman–Crippen MR) is 107 cm³/mol. The molecule has 1 aromatic carbocycles. The van der Waals surface area contributed by atoms with E-state index >= 15 is 0 Å². The Kier molecular flexibility index (Phi) is 4.99. The number of hydrogen-bond acceptors (Lipinski definition) is 3. The smallest absolute Gasteiger partial charge is 0.221 e. The van der Waals surface area contributed by atoms with Crippen molar-refractivity contribution in [3.63, 3.8) is 0 Å². The second kappa shape index (κ2) is 7.56. The third-order valence-electron chi connectivity index (χ3n) is 5.64. The van der Waals surface area contributed by atoms with Gasteiger partial charge in [0.05, 0.1) is 5.92 Å². The minimum atomic E-state index is -0.159. The van der Waals surface area contributed by atoms with Crippen molar-refractivity contribution in [2.75, 3.05) is 19.6 Å². The highest BCUT2D eigenvalue weighted by Crippen LogP contribution is 2.24. The number of hydrogen-bond donors (Lipinski definition) is 1. The highest BCUT2D eigenvalue weighted by Gasteiger charge is 2.23. The lowest BCUT2D eigenvalue weighted by Gasteiger charge is -2.31. The summed E-state index contributed by atoms with van der Waals surface area (Å²) < 4.78 is 4.35. The van der Waals surface area contributed by atoms with Gasteiger partial charge in [-0.3, -0.25) is 4.79 Å². The molecule has 1 aliphatic heterocycles. The van der Waals surface area contributed by atoms with Gasteiger partial charge in [-0.2, -0.15) is 0 Å². The van der Waals surface area contributed by atoms with E-state index in [1.807, 2.05) is 12.4 Å². The Morgan fingerprint density at radius 2 is 2.15 bits per heavy atom. The van der Waals surface area contributed by atoms with Crippen LogP contribution in [0.1, 0.15) is 19.3 Å². The highest BCUT2D eigenvalue weighted by atomic mass is 16.1. The molecule has 4 rings (SSSR count). The van der Waals surface area contributed by atoms with E-state index < -0.39 is 0 Å². The van der Waals surface area contributed by atoms with Crippen LogP contribution in [0.25, 0.3) is 22.3 Å². The molecule has 0 aliphatic carbocycles. The molecule has 6 nitrogen and oxygen atoms in total. The number of benzene rings is 1. The van der Waals surface area contributed by atoms with Crippen molar-refractivity contribution < 1.29 is 4.79 Å².